The van der Waals surface area contributed by atoms with Crippen LogP contribution in [0.25, 0.3) is 0 Å². The minimum absolute atomic E-state index is 0. The first-order chi connectivity index (χ1) is 6.36. The fourth-order valence-electron chi connectivity index (χ4n) is 1.69. The average Bonchev–Trinajstić information content (AvgIpc) is 2.19. The number of anilines is 1. The zero-order valence-electron chi connectivity index (χ0n) is 8.37. The summed E-state index contributed by atoms with van der Waals surface area (Å²) in [7, 11) is 0. The van der Waals surface area contributed by atoms with Gasteiger partial charge in [0, 0.05) is 25.3 Å². The van der Waals surface area contributed by atoms with Gasteiger partial charge in [-0.3, -0.25) is 0 Å². The molecule has 86 valence electrons. The maximum atomic E-state index is 5.88. The number of hydrogen-bond acceptors (Lipinski definition) is 4. The average molecular weight is 251 g/mol. The SMILES string of the molecule is Cl.Cl.N[C@H]1CCCN(c2ccncn2)C1. The molecular formula is C9H16Cl2N4. The second-order valence-corrected chi connectivity index (χ2v) is 3.42. The summed E-state index contributed by atoms with van der Waals surface area (Å²) < 4.78 is 0. The number of aromatic nitrogens is 2. The van der Waals surface area contributed by atoms with Crippen LogP contribution in [0.4, 0.5) is 5.82 Å². The molecule has 4 nitrogen and oxygen atoms in total. The highest BCUT2D eigenvalue weighted by molar-refractivity contribution is 5.85. The topological polar surface area (TPSA) is 55.0 Å². The van der Waals surface area contributed by atoms with E-state index in [1.165, 1.54) is 0 Å². The lowest BCUT2D eigenvalue weighted by atomic mass is 10.1. The molecule has 0 radical (unpaired) electrons. The van der Waals surface area contributed by atoms with Gasteiger partial charge < -0.3 is 10.6 Å². The Morgan fingerprint density at radius 2 is 2.20 bits per heavy atom. The fraction of sp³-hybridized carbons (Fsp3) is 0.556. The monoisotopic (exact) mass is 250 g/mol. The van der Waals surface area contributed by atoms with E-state index in [9.17, 15) is 0 Å². The highest BCUT2D eigenvalue weighted by Crippen LogP contribution is 2.15. The molecule has 1 aromatic rings. The number of hydrogen-bond donors (Lipinski definition) is 1. The molecule has 2 N–H and O–H groups in total. The van der Waals surface area contributed by atoms with Gasteiger partial charge in [-0.15, -0.1) is 24.8 Å². The zero-order valence-corrected chi connectivity index (χ0v) is 10.0. The van der Waals surface area contributed by atoms with Crippen LogP contribution in [0.5, 0.6) is 0 Å². The Morgan fingerprint density at radius 1 is 1.40 bits per heavy atom. The van der Waals surface area contributed by atoms with Gasteiger partial charge in [0.05, 0.1) is 0 Å². The Bertz CT molecular complexity index is 270. The molecule has 0 spiro atoms. The summed E-state index contributed by atoms with van der Waals surface area (Å²) in [6.07, 6.45) is 5.63. The summed E-state index contributed by atoms with van der Waals surface area (Å²) in [4.78, 5) is 10.3. The Labute approximate surface area is 102 Å². The molecule has 6 heteroatoms. The van der Waals surface area contributed by atoms with Gasteiger partial charge >= 0.3 is 0 Å². The van der Waals surface area contributed by atoms with Gasteiger partial charge in [0.15, 0.2) is 0 Å². The second-order valence-electron chi connectivity index (χ2n) is 3.42. The van der Waals surface area contributed by atoms with Gasteiger partial charge in [0.1, 0.15) is 12.1 Å². The molecule has 1 fully saturated rings. The van der Waals surface area contributed by atoms with Crippen molar-refractivity contribution in [2.75, 3.05) is 18.0 Å². The lowest BCUT2D eigenvalue weighted by Crippen LogP contribution is -2.43. The molecule has 0 unspecified atom stereocenters. The van der Waals surface area contributed by atoms with Crippen molar-refractivity contribution in [3.63, 3.8) is 0 Å². The minimum Gasteiger partial charge on any atom is -0.355 e. The predicted molar refractivity (Wildman–Crippen MR) is 66.0 cm³/mol. The zero-order chi connectivity index (χ0) is 9.10. The van der Waals surface area contributed by atoms with Crippen LogP contribution in [-0.4, -0.2) is 29.1 Å². The van der Waals surface area contributed by atoms with Crippen molar-refractivity contribution >= 4 is 30.6 Å². The summed E-state index contributed by atoms with van der Waals surface area (Å²) in [6.45, 7) is 1.97. The number of rotatable bonds is 1. The number of nitrogens with two attached hydrogens (primary N) is 1. The number of piperidine rings is 1. The third kappa shape index (κ3) is 3.81. The van der Waals surface area contributed by atoms with Gasteiger partial charge in [-0.1, -0.05) is 0 Å². The third-order valence-corrected chi connectivity index (χ3v) is 2.35. The molecule has 0 aromatic carbocycles. The van der Waals surface area contributed by atoms with Gasteiger partial charge in [0.2, 0.25) is 0 Å². The first-order valence-corrected chi connectivity index (χ1v) is 4.63. The van der Waals surface area contributed by atoms with Crippen molar-refractivity contribution in [1.82, 2.24) is 9.97 Å². The summed E-state index contributed by atoms with van der Waals surface area (Å²) in [5.41, 5.74) is 5.88. The lowest BCUT2D eigenvalue weighted by Gasteiger charge is -2.31. The van der Waals surface area contributed by atoms with Crippen LogP contribution in [0.15, 0.2) is 18.6 Å². The molecule has 2 rings (SSSR count). The van der Waals surface area contributed by atoms with E-state index in [0.29, 0.717) is 6.04 Å². The molecule has 0 bridgehead atoms. The predicted octanol–water partition coefficient (Wildman–Crippen LogP) is 1.25. The molecule has 0 aliphatic carbocycles. The van der Waals surface area contributed by atoms with Crippen molar-refractivity contribution in [2.24, 2.45) is 5.73 Å². The lowest BCUT2D eigenvalue weighted by molar-refractivity contribution is 0.503. The van der Waals surface area contributed by atoms with Crippen molar-refractivity contribution < 1.29 is 0 Å². The Morgan fingerprint density at radius 3 is 2.80 bits per heavy atom. The molecule has 1 saturated heterocycles. The normalized spacial score (nSPS) is 20.1. The molecule has 1 aromatic heterocycles. The Hall–Kier alpha value is -0.580. The van der Waals surface area contributed by atoms with Crippen LogP contribution in [0.3, 0.4) is 0 Å². The highest BCUT2D eigenvalue weighted by atomic mass is 35.5. The summed E-state index contributed by atoms with van der Waals surface area (Å²) in [5.74, 6) is 0.991. The van der Waals surface area contributed by atoms with Crippen LogP contribution < -0.4 is 10.6 Å². The van der Waals surface area contributed by atoms with E-state index in [1.54, 1.807) is 12.5 Å². The molecule has 0 saturated carbocycles. The second kappa shape index (κ2) is 6.82. The standard InChI is InChI=1S/C9H14N4.2ClH/c10-8-2-1-5-13(6-8)9-3-4-11-7-12-9;;/h3-4,7-8H,1-2,5-6,10H2;2*1H/t8-;;/m0../s1. The van der Waals surface area contributed by atoms with E-state index in [2.05, 4.69) is 14.9 Å². The van der Waals surface area contributed by atoms with Crippen LogP contribution in [0.1, 0.15) is 12.8 Å². The van der Waals surface area contributed by atoms with E-state index in [0.717, 1.165) is 31.7 Å². The van der Waals surface area contributed by atoms with Crippen LogP contribution in [0.2, 0.25) is 0 Å². The van der Waals surface area contributed by atoms with E-state index < -0.39 is 0 Å². The van der Waals surface area contributed by atoms with E-state index in [1.807, 2.05) is 6.07 Å². The highest BCUT2D eigenvalue weighted by Gasteiger charge is 2.17. The van der Waals surface area contributed by atoms with Gasteiger partial charge in [-0.2, -0.15) is 0 Å². The van der Waals surface area contributed by atoms with Crippen molar-refractivity contribution in [3.05, 3.63) is 18.6 Å². The van der Waals surface area contributed by atoms with Crippen molar-refractivity contribution in [3.8, 4) is 0 Å². The first kappa shape index (κ1) is 14.4. The van der Waals surface area contributed by atoms with Crippen molar-refractivity contribution in [2.45, 2.75) is 18.9 Å². The van der Waals surface area contributed by atoms with Crippen molar-refractivity contribution in [1.29, 1.82) is 0 Å². The van der Waals surface area contributed by atoms with Crippen LogP contribution in [0, 0.1) is 0 Å². The van der Waals surface area contributed by atoms with E-state index >= 15 is 0 Å². The molecular weight excluding hydrogens is 235 g/mol. The van der Waals surface area contributed by atoms with E-state index in [-0.39, 0.29) is 24.8 Å². The molecule has 1 aliphatic rings. The van der Waals surface area contributed by atoms with E-state index in [4.69, 9.17) is 5.73 Å². The fourth-order valence-corrected chi connectivity index (χ4v) is 1.69. The Kier molecular flexibility index (Phi) is 6.56. The molecule has 1 aliphatic heterocycles. The molecule has 15 heavy (non-hydrogen) atoms. The quantitative estimate of drug-likeness (QED) is 0.816. The maximum Gasteiger partial charge on any atom is 0.131 e. The largest absolute Gasteiger partial charge is 0.355 e. The van der Waals surface area contributed by atoms with Gasteiger partial charge in [-0.25, -0.2) is 9.97 Å². The van der Waals surface area contributed by atoms with Gasteiger partial charge in [0.25, 0.3) is 0 Å². The molecule has 1 atom stereocenters. The van der Waals surface area contributed by atoms with Gasteiger partial charge in [-0.05, 0) is 18.9 Å². The third-order valence-electron chi connectivity index (χ3n) is 2.35. The van der Waals surface area contributed by atoms with Crippen LogP contribution >= 0.6 is 24.8 Å². The summed E-state index contributed by atoms with van der Waals surface area (Å²) in [6, 6.07) is 2.22. The first-order valence-electron chi connectivity index (χ1n) is 4.63. The summed E-state index contributed by atoms with van der Waals surface area (Å²) in [5, 5.41) is 0. The maximum absolute atomic E-state index is 5.88. The molecule has 2 heterocycles. The summed E-state index contributed by atoms with van der Waals surface area (Å²) >= 11 is 0. The number of halogens is 2. The smallest absolute Gasteiger partial charge is 0.131 e. The van der Waals surface area contributed by atoms with Crippen LogP contribution in [-0.2, 0) is 0 Å². The minimum atomic E-state index is 0. The number of nitrogens with zero attached hydrogens (tertiary/aromatic N) is 3. The molecule has 0 amide bonds. The Balaban J connectivity index is 0.000000980.